The third-order valence-corrected chi connectivity index (χ3v) is 9.37. The molecule has 3 fully saturated rings. The highest BCUT2D eigenvalue weighted by molar-refractivity contribution is 7.99. The molecule has 0 radical (unpaired) electrons. The van der Waals surface area contributed by atoms with Crippen molar-refractivity contribution in [1.29, 1.82) is 0 Å². The minimum atomic E-state index is -0.327. The Hall–Kier alpha value is -2.58. The highest BCUT2D eigenvalue weighted by Crippen LogP contribution is 2.32. The summed E-state index contributed by atoms with van der Waals surface area (Å²) in [6.45, 7) is 8.11. The van der Waals surface area contributed by atoms with Gasteiger partial charge in [-0.25, -0.2) is 14.6 Å². The maximum absolute atomic E-state index is 13.4. The first-order chi connectivity index (χ1) is 18.4. The summed E-state index contributed by atoms with van der Waals surface area (Å²) in [6, 6.07) is 13.1. The van der Waals surface area contributed by atoms with E-state index in [1.165, 1.54) is 44.8 Å². The van der Waals surface area contributed by atoms with Crippen molar-refractivity contribution < 1.29 is 14.3 Å². The molecular formula is C30H40N4O3S. The third kappa shape index (κ3) is 6.01. The molecule has 0 N–H and O–H groups in total. The van der Waals surface area contributed by atoms with E-state index in [4.69, 9.17) is 9.72 Å². The van der Waals surface area contributed by atoms with Crippen LogP contribution in [-0.4, -0.2) is 76.6 Å². The molecule has 1 atom stereocenters. The molecule has 0 bridgehead atoms. The molecular weight excluding hydrogens is 496 g/mol. The van der Waals surface area contributed by atoms with E-state index in [2.05, 4.69) is 40.7 Å². The van der Waals surface area contributed by atoms with Crippen LogP contribution in [0.1, 0.15) is 73.5 Å². The maximum atomic E-state index is 13.4. The maximum Gasteiger partial charge on any atom is 0.337 e. The second-order valence-electron chi connectivity index (χ2n) is 11.0. The standard InChI is InChI=1S/C30H40N4O3S/c1-21-19-33(25-7-5-4-6-8-25)30(36)34(21)26-15-17-32(18-16-26)20-24-11-14-28(31-22(24)2)38-27-12-9-23(10-13-27)29(35)37-3/h9-14,21,25-26H,4-8,15-20H2,1-3H3/t21-/m1/s1. The average Bonchev–Trinajstić information content (AvgIpc) is 3.24. The van der Waals surface area contributed by atoms with E-state index < -0.39 is 0 Å². The number of methoxy groups -OCH3 is 1. The smallest absolute Gasteiger partial charge is 0.337 e. The number of aromatic nitrogens is 1. The van der Waals surface area contributed by atoms with Crippen LogP contribution < -0.4 is 0 Å². The van der Waals surface area contributed by atoms with Gasteiger partial charge in [-0.05, 0) is 75.4 Å². The van der Waals surface area contributed by atoms with Crippen LogP contribution in [0, 0.1) is 6.92 Å². The van der Waals surface area contributed by atoms with E-state index in [1.807, 2.05) is 12.1 Å². The van der Waals surface area contributed by atoms with Crippen LogP contribution in [0.3, 0.4) is 0 Å². The van der Waals surface area contributed by atoms with Crippen molar-refractivity contribution in [3.8, 4) is 0 Å². The van der Waals surface area contributed by atoms with Gasteiger partial charge in [-0.2, -0.15) is 0 Å². The van der Waals surface area contributed by atoms with Gasteiger partial charge in [0.05, 0.1) is 12.7 Å². The van der Waals surface area contributed by atoms with Crippen molar-refractivity contribution in [2.24, 2.45) is 0 Å². The monoisotopic (exact) mass is 536 g/mol. The number of hydrogen-bond donors (Lipinski definition) is 0. The van der Waals surface area contributed by atoms with Crippen LogP contribution in [0.2, 0.25) is 0 Å². The summed E-state index contributed by atoms with van der Waals surface area (Å²) in [4.78, 5) is 37.8. The number of hydrogen-bond acceptors (Lipinski definition) is 6. The number of urea groups is 1. The van der Waals surface area contributed by atoms with Crippen LogP contribution in [0.4, 0.5) is 4.79 Å². The fourth-order valence-electron chi connectivity index (χ4n) is 6.29. The van der Waals surface area contributed by atoms with E-state index >= 15 is 0 Å². The van der Waals surface area contributed by atoms with Crippen LogP contribution >= 0.6 is 11.8 Å². The van der Waals surface area contributed by atoms with Gasteiger partial charge in [0, 0.05) is 54.9 Å². The highest BCUT2D eigenvalue weighted by Gasteiger charge is 2.42. The molecule has 2 aromatic rings. The molecule has 0 spiro atoms. The Balaban J connectivity index is 1.13. The average molecular weight is 537 g/mol. The lowest BCUT2D eigenvalue weighted by molar-refractivity contribution is 0.0600. The Bertz CT molecular complexity index is 1130. The van der Waals surface area contributed by atoms with E-state index in [0.717, 1.165) is 54.6 Å². The minimum absolute atomic E-state index is 0.288. The Morgan fingerprint density at radius 1 is 1.00 bits per heavy atom. The lowest BCUT2D eigenvalue weighted by Gasteiger charge is -2.38. The molecule has 2 amide bonds. The minimum Gasteiger partial charge on any atom is -0.465 e. The molecule has 3 aliphatic rings. The van der Waals surface area contributed by atoms with E-state index in [-0.39, 0.29) is 12.0 Å². The molecule has 204 valence electrons. The quantitative estimate of drug-likeness (QED) is 0.420. The first-order valence-corrected chi connectivity index (χ1v) is 14.9. The van der Waals surface area contributed by atoms with Crippen LogP contribution in [-0.2, 0) is 11.3 Å². The van der Waals surface area contributed by atoms with Crippen molar-refractivity contribution in [3.05, 3.63) is 53.2 Å². The van der Waals surface area contributed by atoms with Crippen molar-refractivity contribution in [3.63, 3.8) is 0 Å². The molecule has 1 aromatic heterocycles. The largest absolute Gasteiger partial charge is 0.465 e. The van der Waals surface area contributed by atoms with Crippen LogP contribution in [0.5, 0.6) is 0 Å². The Morgan fingerprint density at radius 2 is 1.71 bits per heavy atom. The molecule has 1 aliphatic carbocycles. The van der Waals surface area contributed by atoms with Gasteiger partial charge in [0.1, 0.15) is 5.03 Å². The zero-order valence-corrected chi connectivity index (χ0v) is 23.7. The normalized spacial score (nSPS) is 21.8. The molecule has 2 aliphatic heterocycles. The Kier molecular flexibility index (Phi) is 8.58. The number of esters is 1. The van der Waals surface area contributed by atoms with Crippen molar-refractivity contribution in [2.75, 3.05) is 26.7 Å². The topological polar surface area (TPSA) is 66.0 Å². The zero-order valence-electron chi connectivity index (χ0n) is 22.9. The number of carbonyl (C=O) groups is 2. The molecule has 38 heavy (non-hydrogen) atoms. The van der Waals surface area contributed by atoms with Gasteiger partial charge in [0.15, 0.2) is 0 Å². The number of benzene rings is 1. The number of nitrogens with zero attached hydrogens (tertiary/aromatic N) is 4. The molecule has 0 unspecified atom stereocenters. The lowest BCUT2D eigenvalue weighted by atomic mass is 9.94. The summed E-state index contributed by atoms with van der Waals surface area (Å²) in [5.74, 6) is -0.327. The first kappa shape index (κ1) is 27.0. The van der Waals surface area contributed by atoms with Gasteiger partial charge in [-0.15, -0.1) is 0 Å². The number of likely N-dealkylation sites (tertiary alicyclic amines) is 1. The van der Waals surface area contributed by atoms with Crippen LogP contribution in [0.25, 0.3) is 0 Å². The number of carbonyl (C=O) groups excluding carboxylic acids is 2. The van der Waals surface area contributed by atoms with E-state index in [1.54, 1.807) is 23.9 Å². The molecule has 8 heteroatoms. The fourth-order valence-corrected chi connectivity index (χ4v) is 7.12. The SMILES string of the molecule is COC(=O)c1ccc(Sc2ccc(CN3CCC(N4C(=O)N(C5CCCCC5)C[C@H]4C)CC3)c(C)n2)cc1. The summed E-state index contributed by atoms with van der Waals surface area (Å²) in [6.07, 6.45) is 8.28. The number of aryl methyl sites for hydroxylation is 1. The van der Waals surface area contributed by atoms with E-state index in [9.17, 15) is 9.59 Å². The summed E-state index contributed by atoms with van der Waals surface area (Å²) in [7, 11) is 1.39. The van der Waals surface area contributed by atoms with Gasteiger partial charge in [-0.1, -0.05) is 37.1 Å². The van der Waals surface area contributed by atoms with E-state index in [0.29, 0.717) is 23.7 Å². The number of piperidine rings is 1. The first-order valence-electron chi connectivity index (χ1n) is 14.1. The third-order valence-electron chi connectivity index (χ3n) is 8.43. The van der Waals surface area contributed by atoms with Gasteiger partial charge in [0.2, 0.25) is 0 Å². The predicted molar refractivity (Wildman–Crippen MR) is 149 cm³/mol. The zero-order chi connectivity index (χ0) is 26.6. The Morgan fingerprint density at radius 3 is 2.37 bits per heavy atom. The fraction of sp³-hybridized carbons (Fsp3) is 0.567. The van der Waals surface area contributed by atoms with Crippen molar-refractivity contribution in [1.82, 2.24) is 19.7 Å². The van der Waals surface area contributed by atoms with Gasteiger partial charge in [0.25, 0.3) is 0 Å². The number of amides is 2. The Labute approximate surface area is 230 Å². The molecule has 1 aromatic carbocycles. The van der Waals surface area contributed by atoms with Gasteiger partial charge in [-0.3, -0.25) is 4.90 Å². The van der Waals surface area contributed by atoms with Crippen LogP contribution in [0.15, 0.2) is 46.3 Å². The molecule has 1 saturated carbocycles. The summed E-state index contributed by atoms with van der Waals surface area (Å²) in [5, 5.41) is 0.944. The summed E-state index contributed by atoms with van der Waals surface area (Å²) >= 11 is 1.59. The van der Waals surface area contributed by atoms with Gasteiger partial charge < -0.3 is 14.5 Å². The second-order valence-corrected chi connectivity index (χ2v) is 12.1. The lowest BCUT2D eigenvalue weighted by Crippen LogP contribution is -2.49. The molecule has 3 heterocycles. The highest BCUT2D eigenvalue weighted by atomic mass is 32.2. The predicted octanol–water partition coefficient (Wildman–Crippen LogP) is 5.75. The second kappa shape index (κ2) is 12.1. The van der Waals surface area contributed by atoms with Crippen molar-refractivity contribution in [2.45, 2.75) is 93.4 Å². The number of ether oxygens (including phenoxy) is 1. The molecule has 5 rings (SSSR count). The molecule has 2 saturated heterocycles. The number of pyridine rings is 1. The molecule has 7 nitrogen and oxygen atoms in total. The summed E-state index contributed by atoms with van der Waals surface area (Å²) < 4.78 is 4.77. The number of rotatable bonds is 7. The van der Waals surface area contributed by atoms with Gasteiger partial charge >= 0.3 is 12.0 Å². The van der Waals surface area contributed by atoms with Crippen molar-refractivity contribution >= 4 is 23.8 Å². The summed E-state index contributed by atoms with van der Waals surface area (Å²) in [5.41, 5.74) is 2.85.